The molecule has 2 aromatic heterocycles. The number of nitrogens with two attached hydrogens (primary N) is 1. The van der Waals surface area contributed by atoms with E-state index in [0.717, 1.165) is 11.3 Å². The second-order valence-corrected chi connectivity index (χ2v) is 5.87. The van der Waals surface area contributed by atoms with Gasteiger partial charge in [-0.3, -0.25) is 9.59 Å². The minimum atomic E-state index is -0.684. The summed E-state index contributed by atoms with van der Waals surface area (Å²) < 4.78 is 6.37. The largest absolute Gasteiger partial charge is 0.452 e. The van der Waals surface area contributed by atoms with Crippen molar-refractivity contribution in [1.82, 2.24) is 20.2 Å². The van der Waals surface area contributed by atoms with Gasteiger partial charge >= 0.3 is 5.97 Å². The van der Waals surface area contributed by atoms with Crippen molar-refractivity contribution in [3.63, 3.8) is 0 Å². The van der Waals surface area contributed by atoms with Gasteiger partial charge in [-0.1, -0.05) is 6.07 Å². The van der Waals surface area contributed by atoms with Crippen LogP contribution < -0.4 is 11.1 Å². The average Bonchev–Trinajstić information content (AvgIpc) is 3.31. The van der Waals surface area contributed by atoms with E-state index in [0.29, 0.717) is 10.7 Å². The van der Waals surface area contributed by atoms with Crippen molar-refractivity contribution in [2.24, 2.45) is 5.73 Å². The van der Waals surface area contributed by atoms with E-state index in [-0.39, 0.29) is 11.1 Å². The van der Waals surface area contributed by atoms with Gasteiger partial charge in [0.05, 0.1) is 16.8 Å². The van der Waals surface area contributed by atoms with Crippen LogP contribution in [0.4, 0.5) is 5.00 Å². The minimum Gasteiger partial charge on any atom is -0.452 e. The van der Waals surface area contributed by atoms with Crippen molar-refractivity contribution in [2.75, 3.05) is 11.9 Å². The Bertz CT molecular complexity index is 953. The molecule has 1 aromatic carbocycles. The Balaban J connectivity index is 1.60. The Labute approximate surface area is 150 Å². The number of carbonyl (C=O) groups is 3. The van der Waals surface area contributed by atoms with E-state index in [4.69, 9.17) is 10.5 Å². The van der Waals surface area contributed by atoms with E-state index in [2.05, 4.69) is 20.8 Å². The number of primary amides is 1. The first-order valence-corrected chi connectivity index (χ1v) is 8.10. The highest BCUT2D eigenvalue weighted by Crippen LogP contribution is 2.22. The minimum absolute atomic E-state index is 0.198. The van der Waals surface area contributed by atoms with Crippen LogP contribution in [-0.2, 0) is 9.53 Å². The second kappa shape index (κ2) is 7.53. The number of hydrogen-bond donors (Lipinski definition) is 2. The molecule has 10 nitrogen and oxygen atoms in total. The standard InChI is InChI=1S/C15H12N6O4S/c16-13(23)11-4-5-26-14(11)18-12(22)7-25-15(24)9-2-1-3-10(6-9)21-8-17-19-20-21/h1-6,8H,7H2,(H2,16,23)(H,18,22). The summed E-state index contributed by atoms with van der Waals surface area (Å²) in [7, 11) is 0. The van der Waals surface area contributed by atoms with Crippen molar-refractivity contribution < 1.29 is 19.1 Å². The molecule has 0 saturated heterocycles. The number of esters is 1. The third-order valence-corrected chi connectivity index (χ3v) is 4.04. The third-order valence-electron chi connectivity index (χ3n) is 3.21. The average molecular weight is 372 g/mol. The number of rotatable bonds is 6. The Hall–Kier alpha value is -3.60. The number of nitrogens with one attached hydrogen (secondary N) is 1. The molecule has 0 fully saturated rings. The summed E-state index contributed by atoms with van der Waals surface area (Å²) in [5.74, 6) is -1.92. The fourth-order valence-electron chi connectivity index (χ4n) is 2.03. The van der Waals surface area contributed by atoms with Crippen molar-refractivity contribution >= 4 is 34.1 Å². The van der Waals surface area contributed by atoms with Crippen molar-refractivity contribution in [2.45, 2.75) is 0 Å². The van der Waals surface area contributed by atoms with Gasteiger partial charge in [-0.25, -0.2) is 9.48 Å². The van der Waals surface area contributed by atoms with Crippen LogP contribution in [0.25, 0.3) is 5.69 Å². The van der Waals surface area contributed by atoms with Gasteiger partial charge < -0.3 is 15.8 Å². The van der Waals surface area contributed by atoms with Gasteiger partial charge in [0.15, 0.2) is 6.61 Å². The maximum absolute atomic E-state index is 12.1. The maximum Gasteiger partial charge on any atom is 0.338 e. The molecule has 0 aliphatic rings. The van der Waals surface area contributed by atoms with Crippen molar-refractivity contribution in [3.05, 3.63) is 53.2 Å². The van der Waals surface area contributed by atoms with E-state index in [1.807, 2.05) is 0 Å². The Morgan fingerprint density at radius 1 is 1.27 bits per heavy atom. The number of carbonyl (C=O) groups excluding carboxylic acids is 3. The molecule has 0 aliphatic carbocycles. The number of nitrogens with zero attached hydrogens (tertiary/aromatic N) is 4. The molecular weight excluding hydrogens is 360 g/mol. The lowest BCUT2D eigenvalue weighted by Crippen LogP contribution is -2.22. The van der Waals surface area contributed by atoms with Crippen LogP contribution in [0, 0.1) is 0 Å². The van der Waals surface area contributed by atoms with Gasteiger partial charge in [0.25, 0.3) is 11.8 Å². The van der Waals surface area contributed by atoms with Crippen LogP contribution >= 0.6 is 11.3 Å². The summed E-state index contributed by atoms with van der Waals surface area (Å²) in [4.78, 5) is 35.2. The van der Waals surface area contributed by atoms with E-state index in [1.54, 1.807) is 23.6 Å². The molecule has 26 heavy (non-hydrogen) atoms. The van der Waals surface area contributed by atoms with Gasteiger partial charge in [-0.2, -0.15) is 0 Å². The summed E-state index contributed by atoms with van der Waals surface area (Å²) in [5.41, 5.74) is 6.20. The quantitative estimate of drug-likeness (QED) is 0.604. The van der Waals surface area contributed by atoms with E-state index < -0.39 is 24.4 Å². The SMILES string of the molecule is NC(=O)c1ccsc1NC(=O)COC(=O)c1cccc(-n2cnnn2)c1. The Morgan fingerprint density at radius 3 is 2.85 bits per heavy atom. The monoisotopic (exact) mass is 372 g/mol. The Morgan fingerprint density at radius 2 is 2.12 bits per heavy atom. The molecule has 0 bridgehead atoms. The second-order valence-electron chi connectivity index (χ2n) is 4.96. The van der Waals surface area contributed by atoms with Gasteiger partial charge in [0, 0.05) is 0 Å². The topological polar surface area (TPSA) is 142 Å². The molecule has 0 saturated carbocycles. The molecular formula is C15H12N6O4S. The fraction of sp³-hybridized carbons (Fsp3) is 0.0667. The van der Waals surface area contributed by atoms with Crippen molar-refractivity contribution in [1.29, 1.82) is 0 Å². The van der Waals surface area contributed by atoms with Gasteiger partial charge in [-0.05, 0) is 40.1 Å². The lowest BCUT2D eigenvalue weighted by Gasteiger charge is -2.07. The number of ether oxygens (including phenoxy) is 1. The molecule has 0 radical (unpaired) electrons. The molecule has 0 spiro atoms. The predicted octanol–water partition coefficient (Wildman–Crippen LogP) is 0.618. The zero-order chi connectivity index (χ0) is 18.5. The van der Waals surface area contributed by atoms with Crippen LogP contribution in [0.5, 0.6) is 0 Å². The summed E-state index contributed by atoms with van der Waals surface area (Å²) in [5, 5.41) is 15.2. The zero-order valence-corrected chi connectivity index (χ0v) is 14.0. The highest BCUT2D eigenvalue weighted by Gasteiger charge is 2.15. The Kier molecular flexibility index (Phi) is 4.99. The van der Waals surface area contributed by atoms with Crippen LogP contribution in [0.1, 0.15) is 20.7 Å². The highest BCUT2D eigenvalue weighted by atomic mass is 32.1. The number of amides is 2. The lowest BCUT2D eigenvalue weighted by atomic mass is 10.2. The summed E-state index contributed by atoms with van der Waals surface area (Å²) in [6, 6.07) is 7.92. The number of thiophene rings is 1. The number of anilines is 1. The van der Waals surface area contributed by atoms with Gasteiger partial charge in [-0.15, -0.1) is 16.4 Å². The van der Waals surface area contributed by atoms with Crippen molar-refractivity contribution in [3.8, 4) is 5.69 Å². The first-order chi connectivity index (χ1) is 12.5. The van der Waals surface area contributed by atoms with Crippen LogP contribution in [0.15, 0.2) is 42.0 Å². The molecule has 0 unspecified atom stereocenters. The molecule has 0 aliphatic heterocycles. The van der Waals surface area contributed by atoms with Crippen LogP contribution in [0.3, 0.4) is 0 Å². The zero-order valence-electron chi connectivity index (χ0n) is 13.2. The van der Waals surface area contributed by atoms with Gasteiger partial charge in [0.2, 0.25) is 0 Å². The lowest BCUT2D eigenvalue weighted by molar-refractivity contribution is -0.119. The molecule has 2 heterocycles. The van der Waals surface area contributed by atoms with Gasteiger partial charge in [0.1, 0.15) is 11.3 Å². The normalized spacial score (nSPS) is 10.3. The number of benzene rings is 1. The first kappa shape index (κ1) is 17.2. The predicted molar refractivity (Wildman–Crippen MR) is 90.9 cm³/mol. The van der Waals surface area contributed by atoms with Crippen LogP contribution in [0.2, 0.25) is 0 Å². The number of tetrazole rings is 1. The number of hydrogen-bond acceptors (Lipinski definition) is 8. The van der Waals surface area contributed by atoms with E-state index >= 15 is 0 Å². The summed E-state index contributed by atoms with van der Waals surface area (Å²) >= 11 is 1.14. The first-order valence-electron chi connectivity index (χ1n) is 7.22. The molecule has 2 amide bonds. The van der Waals surface area contributed by atoms with E-state index in [9.17, 15) is 14.4 Å². The summed E-state index contributed by atoms with van der Waals surface area (Å²) in [6.45, 7) is -0.510. The highest BCUT2D eigenvalue weighted by molar-refractivity contribution is 7.14. The maximum atomic E-state index is 12.1. The van der Waals surface area contributed by atoms with Crippen LogP contribution in [-0.4, -0.2) is 44.6 Å². The third kappa shape index (κ3) is 3.89. The molecule has 3 aromatic rings. The molecule has 11 heteroatoms. The molecule has 0 atom stereocenters. The molecule has 3 N–H and O–H groups in total. The van der Waals surface area contributed by atoms with E-state index in [1.165, 1.54) is 23.1 Å². The number of aromatic nitrogens is 4. The molecule has 3 rings (SSSR count). The smallest absolute Gasteiger partial charge is 0.338 e. The molecule has 132 valence electrons. The fourth-order valence-corrected chi connectivity index (χ4v) is 2.84. The summed E-state index contributed by atoms with van der Waals surface area (Å²) in [6.07, 6.45) is 1.38.